The normalized spacial score (nSPS) is 14.1. The number of aryl methyl sites for hydroxylation is 1. The van der Waals surface area contributed by atoms with E-state index < -0.39 is 0 Å². The predicted octanol–water partition coefficient (Wildman–Crippen LogP) is 3.39. The second-order valence-electron chi connectivity index (χ2n) is 7.71. The van der Waals surface area contributed by atoms with Crippen LogP contribution < -0.4 is 20.7 Å². The molecule has 0 radical (unpaired) electrons. The topological polar surface area (TPSA) is 84.0 Å². The summed E-state index contributed by atoms with van der Waals surface area (Å²) < 4.78 is 11.2. The molecule has 1 amide bonds. The lowest BCUT2D eigenvalue weighted by Gasteiger charge is -2.16. The van der Waals surface area contributed by atoms with E-state index in [2.05, 4.69) is 33.1 Å². The van der Waals surface area contributed by atoms with Gasteiger partial charge < -0.3 is 25.4 Å². The molecule has 176 valence electrons. The van der Waals surface area contributed by atoms with Crippen molar-refractivity contribution in [2.24, 2.45) is 10.9 Å². The third kappa shape index (κ3) is 11.0. The number of nitrogens with one attached hydrogen (secondary N) is 3. The molecule has 8 heteroatoms. The first kappa shape index (κ1) is 27.5. The Morgan fingerprint density at radius 3 is 2.58 bits per heavy atom. The fourth-order valence-electron chi connectivity index (χ4n) is 3.63. The first-order valence-electron chi connectivity index (χ1n) is 11.1. The molecule has 0 bridgehead atoms. The van der Waals surface area contributed by atoms with E-state index >= 15 is 0 Å². The highest BCUT2D eigenvalue weighted by Crippen LogP contribution is 2.27. The molecule has 0 atom stereocenters. The summed E-state index contributed by atoms with van der Waals surface area (Å²) in [6.07, 6.45) is 5.58. The molecular weight excluding hydrogens is 507 g/mol. The first-order valence-corrected chi connectivity index (χ1v) is 11.1. The average Bonchev–Trinajstić information content (AvgIpc) is 3.24. The van der Waals surface area contributed by atoms with Crippen LogP contribution in [0.15, 0.2) is 23.2 Å². The summed E-state index contributed by atoms with van der Waals surface area (Å²) in [6, 6.07) is 6.18. The minimum atomic E-state index is 0. The lowest BCUT2D eigenvalue weighted by Crippen LogP contribution is -2.41. The van der Waals surface area contributed by atoms with Crippen molar-refractivity contribution >= 4 is 35.8 Å². The third-order valence-corrected chi connectivity index (χ3v) is 5.27. The summed E-state index contributed by atoms with van der Waals surface area (Å²) in [7, 11) is 1.74. The molecule has 0 unspecified atom stereocenters. The number of guanidine groups is 1. The number of halogens is 1. The molecule has 31 heavy (non-hydrogen) atoms. The lowest BCUT2D eigenvalue weighted by molar-refractivity contribution is -0.121. The van der Waals surface area contributed by atoms with Gasteiger partial charge in [-0.05, 0) is 44.2 Å². The highest BCUT2D eigenvalue weighted by molar-refractivity contribution is 14.0. The molecule has 1 fully saturated rings. The van der Waals surface area contributed by atoms with Crippen molar-refractivity contribution in [3.8, 4) is 5.75 Å². The van der Waals surface area contributed by atoms with Crippen molar-refractivity contribution in [3.63, 3.8) is 0 Å². The Labute approximate surface area is 204 Å². The SMILES string of the molecule is CCOCCOc1cc(C)ccc1CNC(=NC)NCCNC(=O)CC1CCCC1.I. The zero-order valence-electron chi connectivity index (χ0n) is 19.2. The molecule has 0 aromatic heterocycles. The van der Waals surface area contributed by atoms with E-state index in [0.29, 0.717) is 57.8 Å². The minimum Gasteiger partial charge on any atom is -0.491 e. The maximum Gasteiger partial charge on any atom is 0.220 e. The summed E-state index contributed by atoms with van der Waals surface area (Å²) in [5.41, 5.74) is 2.21. The van der Waals surface area contributed by atoms with Crippen molar-refractivity contribution in [1.82, 2.24) is 16.0 Å². The van der Waals surface area contributed by atoms with Crippen molar-refractivity contribution < 1.29 is 14.3 Å². The van der Waals surface area contributed by atoms with Gasteiger partial charge in [-0.15, -0.1) is 24.0 Å². The molecule has 1 aromatic carbocycles. The molecule has 0 aliphatic heterocycles. The Kier molecular flexibility index (Phi) is 14.3. The maximum atomic E-state index is 12.0. The molecule has 3 N–H and O–H groups in total. The number of nitrogens with zero attached hydrogens (tertiary/aromatic N) is 1. The molecular formula is C23H39IN4O3. The van der Waals surface area contributed by atoms with Gasteiger partial charge in [-0.1, -0.05) is 25.0 Å². The van der Waals surface area contributed by atoms with Gasteiger partial charge >= 0.3 is 0 Å². The van der Waals surface area contributed by atoms with Gasteiger partial charge in [0.15, 0.2) is 5.96 Å². The Balaban J connectivity index is 0.00000480. The van der Waals surface area contributed by atoms with Crippen LogP contribution in [0.5, 0.6) is 5.75 Å². The molecule has 2 rings (SSSR count). The summed E-state index contributed by atoms with van der Waals surface area (Å²) in [5, 5.41) is 9.55. The van der Waals surface area contributed by atoms with Crippen LogP contribution in [0.4, 0.5) is 0 Å². The van der Waals surface area contributed by atoms with E-state index in [1.165, 1.54) is 25.7 Å². The number of carbonyl (C=O) groups is 1. The van der Waals surface area contributed by atoms with Gasteiger partial charge in [-0.3, -0.25) is 9.79 Å². The number of carbonyl (C=O) groups excluding carboxylic acids is 1. The Morgan fingerprint density at radius 1 is 1.13 bits per heavy atom. The second-order valence-corrected chi connectivity index (χ2v) is 7.71. The molecule has 0 spiro atoms. The minimum absolute atomic E-state index is 0. The third-order valence-electron chi connectivity index (χ3n) is 5.27. The number of ether oxygens (including phenoxy) is 2. The van der Waals surface area contributed by atoms with E-state index in [4.69, 9.17) is 9.47 Å². The van der Waals surface area contributed by atoms with Gasteiger partial charge in [0.05, 0.1) is 6.61 Å². The van der Waals surface area contributed by atoms with Crippen molar-refractivity contribution in [3.05, 3.63) is 29.3 Å². The summed E-state index contributed by atoms with van der Waals surface area (Å²) in [6.45, 7) is 7.62. The van der Waals surface area contributed by atoms with Crippen LogP contribution in [0.3, 0.4) is 0 Å². The van der Waals surface area contributed by atoms with Gasteiger partial charge in [0, 0.05) is 45.3 Å². The maximum absolute atomic E-state index is 12.0. The van der Waals surface area contributed by atoms with Gasteiger partial charge in [0.2, 0.25) is 5.91 Å². The molecule has 1 aliphatic carbocycles. The molecule has 1 aromatic rings. The number of hydrogen-bond donors (Lipinski definition) is 3. The fraction of sp³-hybridized carbons (Fsp3) is 0.652. The summed E-state index contributed by atoms with van der Waals surface area (Å²) in [4.78, 5) is 16.3. The van der Waals surface area contributed by atoms with Crippen LogP contribution in [-0.4, -0.2) is 51.8 Å². The van der Waals surface area contributed by atoms with Crippen molar-refractivity contribution in [2.45, 2.75) is 52.5 Å². The Morgan fingerprint density at radius 2 is 1.87 bits per heavy atom. The van der Waals surface area contributed by atoms with Crippen LogP contribution >= 0.6 is 24.0 Å². The molecule has 0 saturated heterocycles. The number of rotatable bonds is 12. The molecule has 1 aliphatic rings. The van der Waals surface area contributed by atoms with Gasteiger partial charge in [-0.25, -0.2) is 0 Å². The van der Waals surface area contributed by atoms with E-state index in [1.807, 2.05) is 19.9 Å². The van der Waals surface area contributed by atoms with Gasteiger partial charge in [0.25, 0.3) is 0 Å². The number of benzene rings is 1. The highest BCUT2D eigenvalue weighted by Gasteiger charge is 2.17. The van der Waals surface area contributed by atoms with Crippen LogP contribution in [0, 0.1) is 12.8 Å². The Hall–Kier alpha value is -1.55. The van der Waals surface area contributed by atoms with E-state index in [0.717, 1.165) is 16.9 Å². The van der Waals surface area contributed by atoms with Gasteiger partial charge in [-0.2, -0.15) is 0 Å². The first-order chi connectivity index (χ1) is 14.6. The molecule has 1 saturated carbocycles. The zero-order chi connectivity index (χ0) is 21.6. The van der Waals surface area contributed by atoms with Crippen LogP contribution in [0.2, 0.25) is 0 Å². The van der Waals surface area contributed by atoms with Crippen molar-refractivity contribution in [2.75, 3.05) is 40.0 Å². The summed E-state index contributed by atoms with van der Waals surface area (Å²) in [5.74, 6) is 2.28. The van der Waals surface area contributed by atoms with Crippen molar-refractivity contribution in [1.29, 1.82) is 0 Å². The summed E-state index contributed by atoms with van der Waals surface area (Å²) >= 11 is 0. The largest absolute Gasteiger partial charge is 0.491 e. The number of hydrogen-bond acceptors (Lipinski definition) is 4. The second kappa shape index (κ2) is 16.1. The van der Waals surface area contributed by atoms with Gasteiger partial charge in [0.1, 0.15) is 12.4 Å². The van der Waals surface area contributed by atoms with Crippen LogP contribution in [0.25, 0.3) is 0 Å². The predicted molar refractivity (Wildman–Crippen MR) is 136 cm³/mol. The quantitative estimate of drug-likeness (QED) is 0.162. The van der Waals surface area contributed by atoms with E-state index in [1.54, 1.807) is 7.05 Å². The van der Waals surface area contributed by atoms with Crippen LogP contribution in [-0.2, 0) is 16.1 Å². The monoisotopic (exact) mass is 546 g/mol. The van der Waals surface area contributed by atoms with E-state index in [-0.39, 0.29) is 29.9 Å². The molecule has 0 heterocycles. The van der Waals surface area contributed by atoms with E-state index in [9.17, 15) is 4.79 Å². The lowest BCUT2D eigenvalue weighted by atomic mass is 10.0. The number of amides is 1. The Bertz CT molecular complexity index is 679. The fourth-order valence-corrected chi connectivity index (χ4v) is 3.63. The standard InChI is InChI=1S/C23H38N4O3.HI/c1-4-29-13-14-30-21-15-18(2)9-10-20(21)17-27-23(24-3)26-12-11-25-22(28)16-19-7-5-6-8-19;/h9-10,15,19H,4-8,11-14,16-17H2,1-3H3,(H,25,28)(H2,24,26,27);1H. The average molecular weight is 546 g/mol. The molecule has 7 nitrogen and oxygen atoms in total. The highest BCUT2D eigenvalue weighted by atomic mass is 127. The number of aliphatic imine (C=N–C) groups is 1. The smallest absolute Gasteiger partial charge is 0.220 e. The zero-order valence-corrected chi connectivity index (χ0v) is 21.5. The van der Waals surface area contributed by atoms with Crippen LogP contribution in [0.1, 0.15) is 50.2 Å².